The van der Waals surface area contributed by atoms with Crippen molar-refractivity contribution in [2.24, 2.45) is 0 Å². The van der Waals surface area contributed by atoms with Crippen molar-refractivity contribution >= 4 is 15.8 Å². The number of nitrogens with zero attached hydrogens (tertiary/aromatic N) is 1. The summed E-state index contributed by atoms with van der Waals surface area (Å²) in [6, 6.07) is 0.0483. The van der Waals surface area contributed by atoms with Crippen LogP contribution < -0.4 is 5.32 Å². The second-order valence-corrected chi connectivity index (χ2v) is 8.13. The van der Waals surface area contributed by atoms with Crippen LogP contribution in [0, 0.1) is 0 Å². The van der Waals surface area contributed by atoms with Gasteiger partial charge in [-0.15, -0.1) is 0 Å². The zero-order valence-electron chi connectivity index (χ0n) is 13.5. The molecule has 0 aromatic rings. The van der Waals surface area contributed by atoms with Crippen LogP contribution in [0.4, 0.5) is 0 Å². The van der Waals surface area contributed by atoms with Gasteiger partial charge in [-0.2, -0.15) is 0 Å². The number of ether oxygens (including phenoxy) is 1. The van der Waals surface area contributed by atoms with E-state index >= 15 is 0 Å². The first-order chi connectivity index (χ1) is 9.74. The summed E-state index contributed by atoms with van der Waals surface area (Å²) in [7, 11) is -1.11. The third-order valence-corrected chi connectivity index (χ3v) is 6.00. The minimum atomic E-state index is -2.87. The van der Waals surface area contributed by atoms with E-state index in [4.69, 9.17) is 4.74 Å². The molecular weight excluding hydrogens is 292 g/mol. The molecule has 0 radical (unpaired) electrons. The van der Waals surface area contributed by atoms with Crippen molar-refractivity contribution in [3.63, 3.8) is 0 Å². The second kappa shape index (κ2) is 7.56. The van der Waals surface area contributed by atoms with Gasteiger partial charge in [0.2, 0.25) is 0 Å². The quantitative estimate of drug-likeness (QED) is 0.686. The average molecular weight is 320 g/mol. The Kier molecular flexibility index (Phi) is 6.62. The Morgan fingerprint density at radius 1 is 1.48 bits per heavy atom. The number of hydrogen-bond acceptors (Lipinski definition) is 6. The number of sulfone groups is 1. The highest BCUT2D eigenvalue weighted by molar-refractivity contribution is 7.91. The Bertz CT molecular complexity index is 452. The van der Waals surface area contributed by atoms with Gasteiger partial charge in [0.15, 0.2) is 9.84 Å². The van der Waals surface area contributed by atoms with E-state index in [0.29, 0.717) is 19.6 Å². The van der Waals surface area contributed by atoms with E-state index < -0.39 is 15.4 Å². The molecule has 1 heterocycles. The molecule has 0 amide bonds. The van der Waals surface area contributed by atoms with Gasteiger partial charge >= 0.3 is 5.97 Å². The average Bonchev–Trinajstić information content (AvgIpc) is 2.40. The van der Waals surface area contributed by atoms with Crippen molar-refractivity contribution in [3.05, 3.63) is 0 Å². The van der Waals surface area contributed by atoms with Gasteiger partial charge in [0.25, 0.3) is 0 Å². The van der Waals surface area contributed by atoms with E-state index in [1.807, 2.05) is 13.8 Å². The van der Waals surface area contributed by atoms with E-state index in [1.54, 1.807) is 14.0 Å². The summed E-state index contributed by atoms with van der Waals surface area (Å²) < 4.78 is 28.2. The molecule has 2 unspecified atom stereocenters. The number of likely N-dealkylation sites (N-methyl/N-ethyl adjacent to an activating group) is 1. The number of carbonyl (C=O) groups excluding carboxylic acids is 1. The molecule has 6 nitrogen and oxygen atoms in total. The first-order valence-corrected chi connectivity index (χ1v) is 9.37. The van der Waals surface area contributed by atoms with Crippen LogP contribution in [0.25, 0.3) is 0 Å². The summed E-state index contributed by atoms with van der Waals surface area (Å²) in [6.07, 6.45) is 1.48. The van der Waals surface area contributed by atoms with Crippen LogP contribution in [0.5, 0.6) is 0 Å². The van der Waals surface area contributed by atoms with Crippen LogP contribution in [0.1, 0.15) is 33.6 Å². The molecule has 0 aromatic carbocycles. The van der Waals surface area contributed by atoms with Gasteiger partial charge in [0.05, 0.1) is 18.1 Å². The Labute approximate surface area is 128 Å². The van der Waals surface area contributed by atoms with E-state index in [2.05, 4.69) is 10.2 Å². The smallest absolute Gasteiger partial charge is 0.326 e. The lowest BCUT2D eigenvalue weighted by Crippen LogP contribution is -2.50. The van der Waals surface area contributed by atoms with Crippen LogP contribution in [0.15, 0.2) is 0 Å². The molecule has 0 spiro atoms. The molecular formula is C14H28N2O4S. The molecule has 1 rings (SSSR count). The van der Waals surface area contributed by atoms with E-state index in [0.717, 1.165) is 13.0 Å². The van der Waals surface area contributed by atoms with Crippen LogP contribution in [-0.4, -0.2) is 69.1 Å². The monoisotopic (exact) mass is 320 g/mol. The van der Waals surface area contributed by atoms with E-state index in [-0.39, 0.29) is 23.5 Å². The van der Waals surface area contributed by atoms with Crippen molar-refractivity contribution in [1.29, 1.82) is 0 Å². The first kappa shape index (κ1) is 18.4. The Morgan fingerprint density at radius 3 is 2.67 bits per heavy atom. The zero-order valence-corrected chi connectivity index (χ0v) is 14.3. The van der Waals surface area contributed by atoms with Crippen molar-refractivity contribution in [2.75, 3.05) is 38.2 Å². The lowest BCUT2D eigenvalue weighted by atomic mass is 9.96. The molecule has 1 aliphatic rings. The number of hydrogen-bond donors (Lipinski definition) is 1. The van der Waals surface area contributed by atoms with Gasteiger partial charge in [-0.05, 0) is 47.2 Å². The summed E-state index contributed by atoms with van der Waals surface area (Å²) in [6.45, 7) is 7.34. The van der Waals surface area contributed by atoms with E-state index in [9.17, 15) is 13.2 Å². The van der Waals surface area contributed by atoms with Crippen molar-refractivity contribution in [2.45, 2.75) is 45.2 Å². The van der Waals surface area contributed by atoms with Crippen molar-refractivity contribution in [3.8, 4) is 0 Å². The van der Waals surface area contributed by atoms with Crippen molar-refractivity contribution in [1.82, 2.24) is 10.2 Å². The summed E-state index contributed by atoms with van der Waals surface area (Å²) >= 11 is 0. The third-order valence-electron chi connectivity index (χ3n) is 4.21. The third kappa shape index (κ3) is 5.23. The lowest BCUT2D eigenvalue weighted by Gasteiger charge is -2.34. The predicted molar refractivity (Wildman–Crippen MR) is 83.0 cm³/mol. The molecule has 0 aromatic heterocycles. The van der Waals surface area contributed by atoms with Crippen molar-refractivity contribution < 1.29 is 17.9 Å². The molecule has 1 aliphatic heterocycles. The molecule has 0 bridgehead atoms. The number of rotatable bonds is 7. The molecule has 21 heavy (non-hydrogen) atoms. The maximum atomic E-state index is 12.0. The Balaban J connectivity index is 2.47. The van der Waals surface area contributed by atoms with Crippen LogP contribution >= 0.6 is 0 Å². The summed E-state index contributed by atoms with van der Waals surface area (Å²) in [5, 5.41) is 3.04. The van der Waals surface area contributed by atoms with Gasteiger partial charge in [0, 0.05) is 12.6 Å². The summed E-state index contributed by atoms with van der Waals surface area (Å²) in [4.78, 5) is 14.1. The highest BCUT2D eigenvalue weighted by Gasteiger charge is 2.33. The molecule has 124 valence electrons. The van der Waals surface area contributed by atoms with Gasteiger partial charge in [0.1, 0.15) is 5.54 Å². The standard InChI is InChI=1S/C14H28N2O4S/c1-5-20-13(17)14(3,15-4)7-6-8-16-9-10-21(18,19)11-12(16)2/h12,15H,5-11H2,1-4H3. The molecule has 0 saturated carbocycles. The zero-order chi connectivity index (χ0) is 16.1. The maximum absolute atomic E-state index is 12.0. The second-order valence-electron chi connectivity index (χ2n) is 5.91. The predicted octanol–water partition coefficient (Wildman–Crippen LogP) is 0.427. The van der Waals surface area contributed by atoms with Crippen LogP contribution in [0.3, 0.4) is 0 Å². The number of esters is 1. The van der Waals surface area contributed by atoms with Gasteiger partial charge in [-0.1, -0.05) is 0 Å². The normalized spacial score (nSPS) is 25.2. The fourth-order valence-electron chi connectivity index (χ4n) is 2.62. The fourth-order valence-corrected chi connectivity index (χ4v) is 4.25. The number of nitrogens with one attached hydrogen (secondary N) is 1. The lowest BCUT2D eigenvalue weighted by molar-refractivity contribution is -0.150. The van der Waals surface area contributed by atoms with Gasteiger partial charge in [-0.3, -0.25) is 9.69 Å². The topological polar surface area (TPSA) is 75.7 Å². The highest BCUT2D eigenvalue weighted by atomic mass is 32.2. The Hall–Kier alpha value is -0.660. The molecule has 1 saturated heterocycles. The fraction of sp³-hybridized carbons (Fsp3) is 0.929. The largest absolute Gasteiger partial charge is 0.465 e. The van der Waals surface area contributed by atoms with Crippen LogP contribution in [0.2, 0.25) is 0 Å². The number of carbonyl (C=O) groups is 1. The molecule has 7 heteroatoms. The molecule has 1 N–H and O–H groups in total. The SMILES string of the molecule is CCOC(=O)C(C)(CCCN1CCS(=O)(=O)CC1C)NC. The highest BCUT2D eigenvalue weighted by Crippen LogP contribution is 2.17. The summed E-state index contributed by atoms with van der Waals surface area (Å²) in [5.41, 5.74) is -0.679. The molecule has 0 aliphatic carbocycles. The molecule has 1 fully saturated rings. The van der Waals surface area contributed by atoms with Gasteiger partial charge < -0.3 is 10.1 Å². The minimum absolute atomic E-state index is 0.0483. The Morgan fingerprint density at radius 2 is 2.14 bits per heavy atom. The minimum Gasteiger partial charge on any atom is -0.465 e. The van der Waals surface area contributed by atoms with Crippen LogP contribution in [-0.2, 0) is 19.4 Å². The van der Waals surface area contributed by atoms with Gasteiger partial charge in [-0.25, -0.2) is 8.42 Å². The first-order valence-electron chi connectivity index (χ1n) is 7.54. The molecule has 2 atom stereocenters. The maximum Gasteiger partial charge on any atom is 0.326 e. The van der Waals surface area contributed by atoms with E-state index in [1.165, 1.54) is 0 Å². The summed E-state index contributed by atoms with van der Waals surface area (Å²) in [5.74, 6) is 0.230.